The van der Waals surface area contributed by atoms with E-state index in [-0.39, 0.29) is 5.92 Å². The van der Waals surface area contributed by atoms with Gasteiger partial charge in [-0.3, -0.25) is 9.69 Å². The summed E-state index contributed by atoms with van der Waals surface area (Å²) in [6.07, 6.45) is 5.76. The Morgan fingerprint density at radius 3 is 2.76 bits per heavy atom. The van der Waals surface area contributed by atoms with Crippen LogP contribution < -0.4 is 0 Å². The predicted octanol–water partition coefficient (Wildman–Crippen LogP) is 4.16. The SMILES string of the molecule is CC(=O)[C@@H]1C(c2ccccc2)CC2CCC1N2CC=CI. The molecule has 2 heterocycles. The van der Waals surface area contributed by atoms with Gasteiger partial charge in [0.1, 0.15) is 5.78 Å². The molecule has 3 heteroatoms. The van der Waals surface area contributed by atoms with Crippen LogP contribution in [0.25, 0.3) is 0 Å². The highest BCUT2D eigenvalue weighted by atomic mass is 127. The van der Waals surface area contributed by atoms with Gasteiger partial charge in [-0.1, -0.05) is 59.0 Å². The van der Waals surface area contributed by atoms with E-state index in [1.165, 1.54) is 18.4 Å². The lowest BCUT2D eigenvalue weighted by molar-refractivity contribution is -0.125. The first kappa shape index (κ1) is 15.2. The number of benzene rings is 1. The summed E-state index contributed by atoms with van der Waals surface area (Å²) in [5.74, 6) is 0.924. The number of halogens is 1. The van der Waals surface area contributed by atoms with Gasteiger partial charge in [-0.25, -0.2) is 0 Å². The Hall–Kier alpha value is -0.680. The molecule has 0 spiro atoms. The lowest BCUT2D eigenvalue weighted by Gasteiger charge is -2.43. The minimum atomic E-state index is 0.161. The van der Waals surface area contributed by atoms with E-state index in [1.54, 1.807) is 6.92 Å². The summed E-state index contributed by atoms with van der Waals surface area (Å²) in [7, 11) is 0. The smallest absolute Gasteiger partial charge is 0.135 e. The molecule has 21 heavy (non-hydrogen) atoms. The van der Waals surface area contributed by atoms with Gasteiger partial charge in [0.25, 0.3) is 0 Å². The first-order chi connectivity index (χ1) is 10.2. The van der Waals surface area contributed by atoms with E-state index < -0.39 is 0 Å². The van der Waals surface area contributed by atoms with E-state index in [2.05, 4.69) is 68.0 Å². The molecule has 0 N–H and O–H groups in total. The topological polar surface area (TPSA) is 20.3 Å². The molecule has 4 atom stereocenters. The summed E-state index contributed by atoms with van der Waals surface area (Å²) in [6, 6.07) is 11.7. The molecule has 2 nitrogen and oxygen atoms in total. The molecule has 2 aliphatic rings. The van der Waals surface area contributed by atoms with E-state index in [0.29, 0.717) is 23.8 Å². The summed E-state index contributed by atoms with van der Waals surface area (Å²) in [5, 5.41) is 0. The third kappa shape index (κ3) is 2.95. The van der Waals surface area contributed by atoms with Crippen LogP contribution in [-0.2, 0) is 4.79 Å². The zero-order valence-electron chi connectivity index (χ0n) is 12.4. The molecule has 3 unspecified atom stereocenters. The molecular weight excluding hydrogens is 373 g/mol. The van der Waals surface area contributed by atoms with E-state index >= 15 is 0 Å². The number of piperidine rings is 1. The fourth-order valence-corrected chi connectivity index (χ4v) is 4.58. The van der Waals surface area contributed by atoms with E-state index in [1.807, 2.05) is 0 Å². The van der Waals surface area contributed by atoms with Gasteiger partial charge in [-0.15, -0.1) is 0 Å². The summed E-state index contributed by atoms with van der Waals surface area (Å²) in [4.78, 5) is 14.9. The fourth-order valence-electron chi connectivity index (χ4n) is 4.36. The number of rotatable bonds is 4. The molecule has 2 aliphatic heterocycles. The van der Waals surface area contributed by atoms with Crippen LogP contribution in [0.5, 0.6) is 0 Å². The Kier molecular flexibility index (Phi) is 4.79. The maximum Gasteiger partial charge on any atom is 0.135 e. The highest BCUT2D eigenvalue weighted by Crippen LogP contribution is 2.47. The van der Waals surface area contributed by atoms with Crippen molar-refractivity contribution in [2.75, 3.05) is 6.54 Å². The maximum absolute atomic E-state index is 12.3. The van der Waals surface area contributed by atoms with Gasteiger partial charge >= 0.3 is 0 Å². The minimum absolute atomic E-state index is 0.161. The van der Waals surface area contributed by atoms with E-state index in [0.717, 1.165) is 13.0 Å². The van der Waals surface area contributed by atoms with Crippen LogP contribution in [0.15, 0.2) is 40.5 Å². The minimum Gasteiger partial charge on any atom is -0.300 e. The number of carbonyl (C=O) groups excluding carboxylic acids is 1. The molecule has 0 aromatic heterocycles. The summed E-state index contributed by atoms with van der Waals surface area (Å²) >= 11 is 2.28. The first-order valence-electron chi connectivity index (χ1n) is 7.78. The average molecular weight is 395 g/mol. The highest BCUT2D eigenvalue weighted by Gasteiger charge is 2.48. The standard InChI is InChI=1S/C18H22INO/c1-13(21)18-16(14-6-3-2-4-7-14)12-15-8-9-17(18)20(15)11-5-10-19/h2-7,10,15-18H,8-9,11-12H2,1H3/t15?,16?,17?,18-/m1/s1. The molecule has 0 aliphatic carbocycles. The lowest BCUT2D eigenvalue weighted by atomic mass is 9.74. The van der Waals surface area contributed by atoms with Crippen molar-refractivity contribution >= 4 is 28.4 Å². The molecule has 0 saturated carbocycles. The van der Waals surface area contributed by atoms with Crippen molar-refractivity contribution in [3.8, 4) is 0 Å². The van der Waals surface area contributed by atoms with Crippen LogP contribution in [0.4, 0.5) is 0 Å². The molecule has 1 aromatic carbocycles. The molecular formula is C18H22INO. The van der Waals surface area contributed by atoms with Gasteiger partial charge < -0.3 is 0 Å². The molecule has 1 aromatic rings. The van der Waals surface area contributed by atoms with Crippen LogP contribution in [-0.4, -0.2) is 29.3 Å². The molecule has 2 bridgehead atoms. The lowest BCUT2D eigenvalue weighted by Crippen LogP contribution is -2.50. The van der Waals surface area contributed by atoms with Crippen molar-refractivity contribution in [3.05, 3.63) is 46.1 Å². The van der Waals surface area contributed by atoms with Gasteiger partial charge in [0.15, 0.2) is 0 Å². The Labute approximate surface area is 140 Å². The molecule has 2 saturated heterocycles. The maximum atomic E-state index is 12.3. The van der Waals surface area contributed by atoms with Crippen LogP contribution in [0.1, 0.15) is 37.7 Å². The monoisotopic (exact) mass is 395 g/mol. The number of hydrogen-bond acceptors (Lipinski definition) is 2. The Bertz CT molecular complexity index is 527. The molecule has 0 amide bonds. The first-order valence-corrected chi connectivity index (χ1v) is 9.03. The van der Waals surface area contributed by atoms with Crippen molar-refractivity contribution in [1.29, 1.82) is 0 Å². The van der Waals surface area contributed by atoms with Gasteiger partial charge in [0.05, 0.1) is 0 Å². The average Bonchev–Trinajstić information content (AvgIpc) is 2.76. The third-order valence-corrected chi connectivity index (χ3v) is 5.68. The number of carbonyl (C=O) groups is 1. The Balaban J connectivity index is 1.90. The van der Waals surface area contributed by atoms with Crippen molar-refractivity contribution in [2.45, 2.75) is 44.2 Å². The van der Waals surface area contributed by atoms with Gasteiger partial charge in [-0.2, -0.15) is 0 Å². The normalized spacial score (nSPS) is 32.7. The zero-order chi connectivity index (χ0) is 14.8. The van der Waals surface area contributed by atoms with Crippen molar-refractivity contribution in [1.82, 2.24) is 4.90 Å². The molecule has 112 valence electrons. The second kappa shape index (κ2) is 6.61. The molecule has 0 radical (unpaired) electrons. The summed E-state index contributed by atoms with van der Waals surface area (Å²) in [5.41, 5.74) is 1.35. The number of fused-ring (bicyclic) bond motifs is 2. The highest BCUT2D eigenvalue weighted by molar-refractivity contribution is 14.1. The van der Waals surface area contributed by atoms with Crippen molar-refractivity contribution in [3.63, 3.8) is 0 Å². The largest absolute Gasteiger partial charge is 0.300 e. The quantitative estimate of drug-likeness (QED) is 0.714. The number of nitrogens with zero attached hydrogens (tertiary/aromatic N) is 1. The van der Waals surface area contributed by atoms with Gasteiger partial charge in [0.2, 0.25) is 0 Å². The summed E-state index contributed by atoms with van der Waals surface area (Å²) in [6.45, 7) is 2.77. The second-order valence-electron chi connectivity index (χ2n) is 6.25. The van der Waals surface area contributed by atoms with Gasteiger partial charge in [0, 0.05) is 24.5 Å². The fraction of sp³-hybridized carbons (Fsp3) is 0.500. The second-order valence-corrected chi connectivity index (χ2v) is 6.97. The van der Waals surface area contributed by atoms with Crippen molar-refractivity contribution < 1.29 is 4.79 Å². The zero-order valence-corrected chi connectivity index (χ0v) is 14.6. The molecule has 3 rings (SSSR count). The van der Waals surface area contributed by atoms with Crippen LogP contribution >= 0.6 is 22.6 Å². The Morgan fingerprint density at radius 2 is 2.10 bits per heavy atom. The number of Topliss-reactive ketones (excluding diaryl/α,β-unsaturated/α-hetero) is 1. The van der Waals surface area contributed by atoms with Crippen LogP contribution in [0, 0.1) is 5.92 Å². The van der Waals surface area contributed by atoms with E-state index in [4.69, 9.17) is 0 Å². The third-order valence-electron chi connectivity index (χ3n) is 5.17. The van der Waals surface area contributed by atoms with E-state index in [9.17, 15) is 4.79 Å². The van der Waals surface area contributed by atoms with Crippen LogP contribution in [0.2, 0.25) is 0 Å². The predicted molar refractivity (Wildman–Crippen MR) is 94.6 cm³/mol. The van der Waals surface area contributed by atoms with Crippen molar-refractivity contribution in [2.24, 2.45) is 5.92 Å². The number of hydrogen-bond donors (Lipinski definition) is 0. The van der Waals surface area contributed by atoms with Crippen LogP contribution in [0.3, 0.4) is 0 Å². The Morgan fingerprint density at radius 1 is 1.33 bits per heavy atom. The summed E-state index contributed by atoms with van der Waals surface area (Å²) < 4.78 is 2.09. The van der Waals surface area contributed by atoms with Gasteiger partial charge in [-0.05, 0) is 41.8 Å². The molecule has 2 fully saturated rings. The number of ketones is 1.